The van der Waals surface area contributed by atoms with Crippen molar-refractivity contribution >= 4 is 0 Å². The van der Waals surface area contributed by atoms with E-state index in [0.717, 1.165) is 19.0 Å². The van der Waals surface area contributed by atoms with E-state index in [1.54, 1.807) is 0 Å². The van der Waals surface area contributed by atoms with E-state index in [1.807, 2.05) is 0 Å². The number of hydrogen-bond donors (Lipinski definition) is 1. The van der Waals surface area contributed by atoms with Crippen molar-refractivity contribution < 1.29 is 0 Å². The van der Waals surface area contributed by atoms with Crippen LogP contribution in [0.3, 0.4) is 0 Å². The van der Waals surface area contributed by atoms with Gasteiger partial charge in [0.2, 0.25) is 0 Å². The van der Waals surface area contributed by atoms with Gasteiger partial charge in [-0.15, -0.1) is 0 Å². The molecule has 1 aromatic rings. The largest absolute Gasteiger partial charge is 0.307 e. The summed E-state index contributed by atoms with van der Waals surface area (Å²) in [6, 6.07) is 12.1. The van der Waals surface area contributed by atoms with Crippen molar-refractivity contribution in [2.75, 3.05) is 19.6 Å². The molecule has 1 aliphatic heterocycles. The molecule has 0 bridgehead atoms. The summed E-state index contributed by atoms with van der Waals surface area (Å²) >= 11 is 0. The van der Waals surface area contributed by atoms with Crippen LogP contribution in [0, 0.1) is 5.92 Å². The Morgan fingerprint density at radius 2 is 2.00 bits per heavy atom. The average molecular weight is 274 g/mol. The maximum absolute atomic E-state index is 3.72. The van der Waals surface area contributed by atoms with Gasteiger partial charge < -0.3 is 5.32 Å². The van der Waals surface area contributed by atoms with Crippen molar-refractivity contribution in [2.24, 2.45) is 5.92 Å². The van der Waals surface area contributed by atoms with E-state index in [-0.39, 0.29) is 0 Å². The predicted molar refractivity (Wildman–Crippen MR) is 86.9 cm³/mol. The molecule has 2 nitrogen and oxygen atoms in total. The van der Waals surface area contributed by atoms with Crippen LogP contribution in [0.2, 0.25) is 0 Å². The molecule has 2 unspecified atom stereocenters. The van der Waals surface area contributed by atoms with E-state index in [1.165, 1.54) is 31.4 Å². The smallest absolute Gasteiger partial charge is 0.0449 e. The van der Waals surface area contributed by atoms with Crippen LogP contribution >= 0.6 is 0 Å². The minimum Gasteiger partial charge on any atom is -0.307 e. The molecule has 0 saturated carbocycles. The minimum absolute atomic E-state index is 0.498. The maximum atomic E-state index is 3.72. The lowest BCUT2D eigenvalue weighted by Gasteiger charge is -2.40. The highest BCUT2D eigenvalue weighted by Gasteiger charge is 2.26. The van der Waals surface area contributed by atoms with E-state index < -0.39 is 0 Å². The molecule has 20 heavy (non-hydrogen) atoms. The Morgan fingerprint density at radius 1 is 1.25 bits per heavy atom. The second-order valence-electron chi connectivity index (χ2n) is 6.46. The third-order valence-electron chi connectivity index (χ3n) is 4.43. The molecular formula is C18H30N2. The van der Waals surface area contributed by atoms with Gasteiger partial charge in [0.05, 0.1) is 0 Å². The molecule has 2 atom stereocenters. The van der Waals surface area contributed by atoms with Gasteiger partial charge in [-0.25, -0.2) is 0 Å². The van der Waals surface area contributed by atoms with Gasteiger partial charge >= 0.3 is 0 Å². The molecule has 0 aliphatic carbocycles. The number of hydrogen-bond acceptors (Lipinski definition) is 2. The molecule has 0 radical (unpaired) electrons. The number of benzene rings is 1. The van der Waals surface area contributed by atoms with Crippen LogP contribution in [0.5, 0.6) is 0 Å². The van der Waals surface area contributed by atoms with Crippen LogP contribution in [0.1, 0.15) is 51.6 Å². The molecule has 1 saturated heterocycles. The first-order valence-corrected chi connectivity index (χ1v) is 8.23. The lowest BCUT2D eigenvalue weighted by atomic mass is 9.99. The van der Waals surface area contributed by atoms with Gasteiger partial charge in [0.25, 0.3) is 0 Å². The van der Waals surface area contributed by atoms with E-state index in [2.05, 4.69) is 61.3 Å². The third kappa shape index (κ3) is 4.32. The van der Waals surface area contributed by atoms with Crippen molar-refractivity contribution in [2.45, 2.75) is 52.1 Å². The summed E-state index contributed by atoms with van der Waals surface area (Å²) in [6.07, 6.45) is 3.92. The van der Waals surface area contributed by atoms with Crippen molar-refractivity contribution in [3.8, 4) is 0 Å². The maximum Gasteiger partial charge on any atom is 0.0449 e. The number of rotatable bonds is 6. The van der Waals surface area contributed by atoms with Gasteiger partial charge in [-0.1, -0.05) is 51.1 Å². The van der Waals surface area contributed by atoms with Gasteiger partial charge in [0, 0.05) is 25.2 Å². The fourth-order valence-corrected chi connectivity index (χ4v) is 3.14. The highest BCUT2D eigenvalue weighted by Crippen LogP contribution is 2.21. The van der Waals surface area contributed by atoms with Gasteiger partial charge in [-0.2, -0.15) is 0 Å². The molecule has 0 spiro atoms. The molecule has 112 valence electrons. The summed E-state index contributed by atoms with van der Waals surface area (Å²) in [5.74, 6) is 0.822. The van der Waals surface area contributed by atoms with Crippen LogP contribution < -0.4 is 5.32 Å². The molecule has 1 aromatic carbocycles. The molecular weight excluding hydrogens is 244 g/mol. The van der Waals surface area contributed by atoms with E-state index in [9.17, 15) is 0 Å². The standard InChI is InChI=1S/C18H30N2/c1-4-17-13-19-18(16-10-6-5-7-11-16)14-20(17)12-8-9-15(2)3/h5-7,10-11,15,17-19H,4,8-9,12-14H2,1-3H3. The first-order valence-electron chi connectivity index (χ1n) is 8.23. The zero-order valence-corrected chi connectivity index (χ0v) is 13.3. The molecule has 2 heteroatoms. The minimum atomic E-state index is 0.498. The summed E-state index contributed by atoms with van der Waals surface area (Å²) < 4.78 is 0. The summed E-state index contributed by atoms with van der Waals surface area (Å²) in [4.78, 5) is 2.70. The zero-order chi connectivity index (χ0) is 14.4. The van der Waals surface area contributed by atoms with Crippen LogP contribution in [-0.2, 0) is 0 Å². The first-order chi connectivity index (χ1) is 9.70. The summed E-state index contributed by atoms with van der Waals surface area (Å²) in [7, 11) is 0. The molecule has 1 aliphatic rings. The van der Waals surface area contributed by atoms with Crippen LogP contribution in [0.15, 0.2) is 30.3 Å². The number of piperazine rings is 1. The van der Waals surface area contributed by atoms with E-state index in [4.69, 9.17) is 0 Å². The van der Waals surface area contributed by atoms with Gasteiger partial charge in [0.1, 0.15) is 0 Å². The Balaban J connectivity index is 1.93. The summed E-state index contributed by atoms with van der Waals surface area (Å²) in [6.45, 7) is 10.5. The molecule has 1 N–H and O–H groups in total. The normalized spacial score (nSPS) is 24.2. The van der Waals surface area contributed by atoms with Crippen LogP contribution in [0.4, 0.5) is 0 Å². The first kappa shape index (κ1) is 15.5. The average Bonchev–Trinajstić information content (AvgIpc) is 2.47. The highest BCUT2D eigenvalue weighted by atomic mass is 15.2. The fourth-order valence-electron chi connectivity index (χ4n) is 3.14. The Labute approximate surface area is 124 Å². The number of nitrogens with zero attached hydrogens (tertiary/aromatic N) is 1. The Morgan fingerprint density at radius 3 is 2.65 bits per heavy atom. The predicted octanol–water partition coefficient (Wildman–Crippen LogP) is 3.85. The van der Waals surface area contributed by atoms with Crippen LogP contribution in [-0.4, -0.2) is 30.6 Å². The van der Waals surface area contributed by atoms with Crippen molar-refractivity contribution in [3.63, 3.8) is 0 Å². The van der Waals surface area contributed by atoms with Gasteiger partial charge in [-0.3, -0.25) is 4.90 Å². The molecule has 1 fully saturated rings. The summed E-state index contributed by atoms with van der Waals surface area (Å²) in [5, 5.41) is 3.72. The molecule has 2 rings (SSSR count). The monoisotopic (exact) mass is 274 g/mol. The second kappa shape index (κ2) is 7.80. The zero-order valence-electron chi connectivity index (χ0n) is 13.3. The van der Waals surface area contributed by atoms with Crippen molar-refractivity contribution in [1.29, 1.82) is 0 Å². The molecule has 0 amide bonds. The Bertz CT molecular complexity index is 374. The lowest BCUT2D eigenvalue weighted by molar-refractivity contribution is 0.123. The Hall–Kier alpha value is -0.860. The third-order valence-corrected chi connectivity index (χ3v) is 4.43. The van der Waals surface area contributed by atoms with E-state index in [0.29, 0.717) is 12.1 Å². The Kier molecular flexibility index (Phi) is 6.06. The molecule has 0 aromatic heterocycles. The topological polar surface area (TPSA) is 15.3 Å². The molecule has 1 heterocycles. The second-order valence-corrected chi connectivity index (χ2v) is 6.46. The quantitative estimate of drug-likeness (QED) is 0.847. The van der Waals surface area contributed by atoms with E-state index >= 15 is 0 Å². The van der Waals surface area contributed by atoms with Crippen molar-refractivity contribution in [1.82, 2.24) is 10.2 Å². The van der Waals surface area contributed by atoms with Gasteiger partial charge in [0.15, 0.2) is 0 Å². The SMILES string of the molecule is CCC1CNC(c2ccccc2)CN1CCCC(C)C. The van der Waals surface area contributed by atoms with Crippen LogP contribution in [0.25, 0.3) is 0 Å². The fraction of sp³-hybridized carbons (Fsp3) is 0.667. The van der Waals surface area contributed by atoms with Crippen molar-refractivity contribution in [3.05, 3.63) is 35.9 Å². The van der Waals surface area contributed by atoms with Gasteiger partial charge in [-0.05, 0) is 37.3 Å². The lowest BCUT2D eigenvalue weighted by Crippen LogP contribution is -2.52. The highest BCUT2D eigenvalue weighted by molar-refractivity contribution is 5.20. The summed E-state index contributed by atoms with van der Waals surface area (Å²) in [5.41, 5.74) is 1.43. The number of nitrogens with one attached hydrogen (secondary N) is 1.